The van der Waals surface area contributed by atoms with Crippen LogP contribution in [0.1, 0.15) is 22.3 Å². The van der Waals surface area contributed by atoms with Crippen LogP contribution in [0.25, 0.3) is 11.2 Å². The van der Waals surface area contributed by atoms with Crippen molar-refractivity contribution in [3.05, 3.63) is 33.2 Å². The maximum Gasteiger partial charge on any atom is 0.175 e. The van der Waals surface area contributed by atoms with E-state index in [1.807, 2.05) is 10.6 Å². The third-order valence-corrected chi connectivity index (χ3v) is 6.78. The lowest BCUT2D eigenvalue weighted by atomic mass is 10.1. The Morgan fingerprint density at radius 2 is 2.16 bits per heavy atom. The van der Waals surface area contributed by atoms with Gasteiger partial charge in [-0.1, -0.05) is 27.7 Å². The second-order valence-electron chi connectivity index (χ2n) is 5.63. The van der Waals surface area contributed by atoms with Crippen LogP contribution in [0, 0.1) is 3.57 Å². The van der Waals surface area contributed by atoms with Gasteiger partial charge < -0.3 is 10.3 Å². The number of ketones is 1. The van der Waals surface area contributed by atoms with Crippen molar-refractivity contribution in [1.29, 1.82) is 0 Å². The van der Waals surface area contributed by atoms with Crippen molar-refractivity contribution >= 4 is 73.0 Å². The number of alkyl halides is 1. The van der Waals surface area contributed by atoms with Gasteiger partial charge in [0.2, 0.25) is 0 Å². The minimum atomic E-state index is 0.220. The molecule has 3 aromatic rings. The summed E-state index contributed by atoms with van der Waals surface area (Å²) in [6.07, 6.45) is 2.90. The van der Waals surface area contributed by atoms with Crippen molar-refractivity contribution in [3.8, 4) is 0 Å². The monoisotopic (exact) mass is 529 g/mol. The summed E-state index contributed by atoms with van der Waals surface area (Å²) >= 11 is 7.32. The lowest BCUT2D eigenvalue weighted by molar-refractivity contribution is 0.0994. The molecule has 0 saturated heterocycles. The Kier molecular flexibility index (Phi) is 4.71. The normalized spacial score (nSPS) is 13.6. The zero-order valence-electron chi connectivity index (χ0n) is 13.0. The summed E-state index contributed by atoms with van der Waals surface area (Å²) in [7, 11) is 0. The maximum absolute atomic E-state index is 12.1. The van der Waals surface area contributed by atoms with Crippen molar-refractivity contribution in [3.63, 3.8) is 0 Å². The Bertz CT molecular complexity index is 1010. The fourth-order valence-electron chi connectivity index (χ4n) is 2.92. The molecule has 0 saturated carbocycles. The minimum Gasteiger partial charge on any atom is -0.382 e. The van der Waals surface area contributed by atoms with Gasteiger partial charge in [-0.2, -0.15) is 0 Å². The molecule has 2 heterocycles. The SMILES string of the molecule is Nc1ncnc2c1nc(Sc1cc3c(cc1I)CCC3=O)n2CCBr. The van der Waals surface area contributed by atoms with E-state index >= 15 is 0 Å². The molecule has 0 aliphatic heterocycles. The van der Waals surface area contributed by atoms with Crippen molar-refractivity contribution in [2.75, 3.05) is 11.1 Å². The number of carbonyl (C=O) groups excluding carboxylic acids is 1. The third-order valence-electron chi connectivity index (χ3n) is 4.11. The molecule has 0 unspecified atom stereocenters. The first kappa shape index (κ1) is 17.2. The number of hydrogen-bond donors (Lipinski definition) is 1. The minimum absolute atomic E-state index is 0.220. The van der Waals surface area contributed by atoms with Gasteiger partial charge in [-0.15, -0.1) is 0 Å². The van der Waals surface area contributed by atoms with E-state index in [1.54, 1.807) is 0 Å². The summed E-state index contributed by atoms with van der Waals surface area (Å²) in [5.74, 6) is 0.594. The highest BCUT2D eigenvalue weighted by atomic mass is 127. The zero-order chi connectivity index (χ0) is 17.6. The number of anilines is 1. The van der Waals surface area contributed by atoms with E-state index in [9.17, 15) is 4.79 Å². The standard InChI is InChI=1S/C16H13BrIN5OS/c17-3-4-23-15-13(14(19)20-7-21-15)22-16(23)25-12-6-9-8(5-10(12)18)1-2-11(9)24/h5-7H,1-4H2,(H2,19,20,21). The fraction of sp³-hybridized carbons (Fsp3) is 0.250. The summed E-state index contributed by atoms with van der Waals surface area (Å²) in [4.78, 5) is 26.1. The predicted octanol–water partition coefficient (Wildman–Crippen LogP) is 3.69. The molecular weight excluding hydrogens is 517 g/mol. The van der Waals surface area contributed by atoms with Crippen LogP contribution in [-0.2, 0) is 13.0 Å². The first-order valence-electron chi connectivity index (χ1n) is 7.64. The maximum atomic E-state index is 12.1. The highest BCUT2D eigenvalue weighted by Crippen LogP contribution is 2.37. The van der Waals surface area contributed by atoms with E-state index in [2.05, 4.69) is 59.5 Å². The number of halogens is 2. The topological polar surface area (TPSA) is 86.7 Å². The summed E-state index contributed by atoms with van der Waals surface area (Å²) < 4.78 is 3.14. The predicted molar refractivity (Wildman–Crippen MR) is 109 cm³/mol. The first-order chi connectivity index (χ1) is 12.1. The number of imidazole rings is 1. The summed E-state index contributed by atoms with van der Waals surface area (Å²) in [5.41, 5.74) is 9.27. The molecule has 1 aliphatic carbocycles. The van der Waals surface area contributed by atoms with Crippen molar-refractivity contribution in [2.24, 2.45) is 0 Å². The number of rotatable bonds is 4. The number of aromatic nitrogens is 4. The largest absolute Gasteiger partial charge is 0.382 e. The molecule has 1 aromatic carbocycles. The van der Waals surface area contributed by atoms with Crippen LogP contribution >= 0.6 is 50.3 Å². The number of fused-ring (bicyclic) bond motifs is 2. The quantitative estimate of drug-likeness (QED) is 0.410. The molecule has 0 radical (unpaired) electrons. The van der Waals surface area contributed by atoms with Gasteiger partial charge in [0.25, 0.3) is 0 Å². The van der Waals surface area contributed by atoms with Crippen molar-refractivity contribution in [1.82, 2.24) is 19.5 Å². The second kappa shape index (κ2) is 6.84. The zero-order valence-corrected chi connectivity index (χ0v) is 17.6. The van der Waals surface area contributed by atoms with Gasteiger partial charge in [-0.3, -0.25) is 4.79 Å². The van der Waals surface area contributed by atoms with Crippen LogP contribution < -0.4 is 5.73 Å². The van der Waals surface area contributed by atoms with E-state index in [0.717, 1.165) is 48.7 Å². The third kappa shape index (κ3) is 3.06. The van der Waals surface area contributed by atoms with Gasteiger partial charge in [0.1, 0.15) is 6.33 Å². The van der Waals surface area contributed by atoms with Crippen LogP contribution in [-0.4, -0.2) is 30.6 Å². The summed E-state index contributed by atoms with van der Waals surface area (Å²) in [6, 6.07) is 4.10. The number of Topliss-reactive ketones (excluding diaryl/α,β-unsaturated/α-hetero) is 1. The number of hydrogen-bond acceptors (Lipinski definition) is 6. The molecular formula is C16H13BrIN5OS. The molecule has 0 fully saturated rings. The Morgan fingerprint density at radius 1 is 1.32 bits per heavy atom. The first-order valence-corrected chi connectivity index (χ1v) is 10.7. The fourth-order valence-corrected chi connectivity index (χ4v) is 5.09. The highest BCUT2D eigenvalue weighted by molar-refractivity contribution is 14.1. The van der Waals surface area contributed by atoms with Gasteiger partial charge in [0, 0.05) is 32.3 Å². The van der Waals surface area contributed by atoms with Gasteiger partial charge >= 0.3 is 0 Å². The van der Waals surface area contributed by atoms with Gasteiger partial charge in [-0.05, 0) is 46.7 Å². The number of nitrogens with two attached hydrogens (primary N) is 1. The molecule has 9 heteroatoms. The molecule has 2 aromatic heterocycles. The molecule has 128 valence electrons. The van der Waals surface area contributed by atoms with E-state index in [-0.39, 0.29) is 5.78 Å². The lowest BCUT2D eigenvalue weighted by Crippen LogP contribution is -2.03. The Morgan fingerprint density at radius 3 is 2.96 bits per heavy atom. The highest BCUT2D eigenvalue weighted by Gasteiger charge is 2.23. The number of nitrogen functional groups attached to an aromatic ring is 1. The second-order valence-corrected chi connectivity index (χ2v) is 8.60. The van der Waals surface area contributed by atoms with Crippen LogP contribution in [0.3, 0.4) is 0 Å². The Labute approximate surface area is 170 Å². The average Bonchev–Trinajstić information content (AvgIpc) is 3.11. The van der Waals surface area contributed by atoms with E-state index in [1.165, 1.54) is 18.1 Å². The van der Waals surface area contributed by atoms with Gasteiger partial charge in [0.15, 0.2) is 27.9 Å². The smallest absolute Gasteiger partial charge is 0.175 e. The molecule has 0 atom stereocenters. The molecule has 4 rings (SSSR count). The van der Waals surface area contributed by atoms with Crippen LogP contribution in [0.2, 0.25) is 0 Å². The number of aryl methyl sites for hydroxylation is 2. The lowest BCUT2D eigenvalue weighted by Gasteiger charge is -2.09. The van der Waals surface area contributed by atoms with E-state index < -0.39 is 0 Å². The molecule has 6 nitrogen and oxygen atoms in total. The van der Waals surface area contributed by atoms with E-state index in [4.69, 9.17) is 5.73 Å². The molecule has 0 amide bonds. The molecule has 1 aliphatic rings. The van der Waals surface area contributed by atoms with Crippen LogP contribution in [0.15, 0.2) is 28.5 Å². The molecule has 25 heavy (non-hydrogen) atoms. The van der Waals surface area contributed by atoms with Gasteiger partial charge in [-0.25, -0.2) is 15.0 Å². The van der Waals surface area contributed by atoms with Crippen LogP contribution in [0.5, 0.6) is 0 Å². The number of carbonyl (C=O) groups is 1. The molecule has 0 bridgehead atoms. The average molecular weight is 530 g/mol. The molecule has 0 spiro atoms. The van der Waals surface area contributed by atoms with E-state index in [0.29, 0.717) is 17.8 Å². The summed E-state index contributed by atoms with van der Waals surface area (Å²) in [5, 5.41) is 1.57. The molecule has 2 N–H and O–H groups in total. The van der Waals surface area contributed by atoms with Crippen LogP contribution in [0.4, 0.5) is 5.82 Å². The summed E-state index contributed by atoms with van der Waals surface area (Å²) in [6.45, 7) is 0.718. The number of benzene rings is 1. The Hall–Kier alpha value is -1.20. The number of nitrogens with zero attached hydrogens (tertiary/aromatic N) is 4. The van der Waals surface area contributed by atoms with Gasteiger partial charge in [0.05, 0.1) is 0 Å². The Balaban J connectivity index is 1.81. The van der Waals surface area contributed by atoms with Crippen molar-refractivity contribution in [2.45, 2.75) is 29.4 Å². The van der Waals surface area contributed by atoms with Crippen molar-refractivity contribution < 1.29 is 4.79 Å².